The summed E-state index contributed by atoms with van der Waals surface area (Å²) in [6.45, 7) is 0. The molecular formula is C12H11N5O2S2. The quantitative estimate of drug-likeness (QED) is 0.310. The average molecular weight is 321 g/mol. The van der Waals surface area contributed by atoms with Crippen molar-refractivity contribution in [2.75, 3.05) is 4.90 Å². The van der Waals surface area contributed by atoms with Gasteiger partial charge in [-0.25, -0.2) is 0 Å². The van der Waals surface area contributed by atoms with E-state index in [4.69, 9.17) is 18.0 Å². The molecule has 0 unspecified atom stereocenters. The van der Waals surface area contributed by atoms with E-state index in [0.717, 1.165) is 6.21 Å². The molecule has 1 atom stereocenters. The summed E-state index contributed by atoms with van der Waals surface area (Å²) in [7, 11) is 0. The molecule has 0 aromatic heterocycles. The van der Waals surface area contributed by atoms with Crippen LogP contribution in [0.15, 0.2) is 35.4 Å². The Bertz CT molecular complexity index is 632. The third kappa shape index (κ3) is 3.38. The van der Waals surface area contributed by atoms with Gasteiger partial charge in [-0.05, 0) is 36.6 Å². The smallest absolute Gasteiger partial charge is 0.251 e. The molecule has 7 nitrogen and oxygen atoms in total. The number of carbonyl (C=O) groups is 2. The molecule has 1 aromatic rings. The molecule has 1 aliphatic rings. The number of hydrogen-bond donors (Lipinski definition) is 3. The zero-order valence-corrected chi connectivity index (χ0v) is 12.3. The van der Waals surface area contributed by atoms with Gasteiger partial charge in [-0.2, -0.15) is 5.10 Å². The van der Waals surface area contributed by atoms with E-state index in [1.807, 2.05) is 6.07 Å². The fraction of sp³-hybridized carbons (Fsp3) is 0.0833. The number of anilines is 1. The monoisotopic (exact) mass is 321 g/mol. The summed E-state index contributed by atoms with van der Waals surface area (Å²) in [4.78, 5) is 25.5. The van der Waals surface area contributed by atoms with Crippen molar-refractivity contribution >= 4 is 58.4 Å². The lowest BCUT2D eigenvalue weighted by Crippen LogP contribution is -2.58. The minimum atomic E-state index is -1.11. The molecule has 0 spiro atoms. The highest BCUT2D eigenvalue weighted by molar-refractivity contribution is 7.80. The van der Waals surface area contributed by atoms with Crippen molar-refractivity contribution in [1.82, 2.24) is 10.7 Å². The Kier molecular flexibility index (Phi) is 4.55. The molecule has 1 fully saturated rings. The predicted molar refractivity (Wildman–Crippen MR) is 86.6 cm³/mol. The van der Waals surface area contributed by atoms with Gasteiger partial charge in [-0.1, -0.05) is 18.2 Å². The molecule has 4 N–H and O–H groups in total. The van der Waals surface area contributed by atoms with Crippen molar-refractivity contribution in [2.45, 2.75) is 0 Å². The standard InChI is InChI=1S/C12H11N5O2S2/c13-11(20)16-14-6-8-9(18)15-12(21)17(10(8)19)7-4-2-1-3-5-7/h1-6,8H,(H3,13,16,20)(H,15,18,21)/b14-6-/t8-/m0/s1. The van der Waals surface area contributed by atoms with E-state index in [1.165, 1.54) is 4.90 Å². The van der Waals surface area contributed by atoms with E-state index >= 15 is 0 Å². The molecule has 1 aromatic carbocycles. The topological polar surface area (TPSA) is 99.8 Å². The predicted octanol–water partition coefficient (Wildman–Crippen LogP) is -0.131. The lowest BCUT2D eigenvalue weighted by molar-refractivity contribution is -0.130. The number of nitrogens with two attached hydrogens (primary N) is 1. The molecule has 2 rings (SSSR count). The van der Waals surface area contributed by atoms with Crippen LogP contribution in [0.2, 0.25) is 0 Å². The first-order valence-electron chi connectivity index (χ1n) is 5.83. The summed E-state index contributed by atoms with van der Waals surface area (Å²) in [6.07, 6.45) is 1.13. The normalized spacial score (nSPS) is 18.8. The second-order valence-corrected chi connectivity index (χ2v) is 4.86. The van der Waals surface area contributed by atoms with Crippen molar-refractivity contribution in [3.8, 4) is 0 Å². The lowest BCUT2D eigenvalue weighted by Gasteiger charge is -2.30. The maximum atomic E-state index is 12.4. The second kappa shape index (κ2) is 6.37. The third-order valence-electron chi connectivity index (χ3n) is 2.61. The molecule has 1 heterocycles. The van der Waals surface area contributed by atoms with Crippen molar-refractivity contribution in [3.05, 3.63) is 30.3 Å². The minimum absolute atomic E-state index is 0.0307. The molecule has 9 heteroatoms. The van der Waals surface area contributed by atoms with E-state index in [1.54, 1.807) is 24.3 Å². The molecule has 1 saturated heterocycles. The molecular weight excluding hydrogens is 310 g/mol. The summed E-state index contributed by atoms with van der Waals surface area (Å²) in [5.74, 6) is -2.16. The molecule has 108 valence electrons. The Morgan fingerprint density at radius 1 is 1.38 bits per heavy atom. The van der Waals surface area contributed by atoms with Crippen molar-refractivity contribution < 1.29 is 9.59 Å². The maximum absolute atomic E-state index is 12.4. The number of rotatable bonds is 3. The van der Waals surface area contributed by atoms with Crippen LogP contribution in [-0.4, -0.2) is 28.3 Å². The molecule has 0 aliphatic carbocycles. The van der Waals surface area contributed by atoms with Crippen LogP contribution in [0.25, 0.3) is 0 Å². The van der Waals surface area contributed by atoms with Crippen LogP contribution in [0.1, 0.15) is 0 Å². The molecule has 2 amide bonds. The van der Waals surface area contributed by atoms with Crippen LogP contribution in [0.3, 0.4) is 0 Å². The van der Waals surface area contributed by atoms with Gasteiger partial charge in [0.2, 0.25) is 5.91 Å². The Balaban J connectivity index is 2.26. The summed E-state index contributed by atoms with van der Waals surface area (Å²) >= 11 is 9.62. The van der Waals surface area contributed by atoms with Crippen molar-refractivity contribution in [3.63, 3.8) is 0 Å². The van der Waals surface area contributed by atoms with Gasteiger partial charge in [-0.15, -0.1) is 0 Å². The number of thiocarbonyl (C=S) groups is 2. The number of nitrogens with zero attached hydrogens (tertiary/aromatic N) is 2. The molecule has 0 bridgehead atoms. The van der Waals surface area contributed by atoms with Gasteiger partial charge < -0.3 is 11.1 Å². The van der Waals surface area contributed by atoms with Crippen LogP contribution >= 0.6 is 24.4 Å². The summed E-state index contributed by atoms with van der Waals surface area (Å²) in [5.41, 5.74) is 8.07. The van der Waals surface area contributed by atoms with E-state index in [0.29, 0.717) is 5.69 Å². The fourth-order valence-corrected chi connectivity index (χ4v) is 2.07. The van der Waals surface area contributed by atoms with Gasteiger partial charge in [-0.3, -0.25) is 19.9 Å². The molecule has 1 aliphatic heterocycles. The highest BCUT2D eigenvalue weighted by Crippen LogP contribution is 2.19. The summed E-state index contributed by atoms with van der Waals surface area (Å²) < 4.78 is 0. The van der Waals surface area contributed by atoms with E-state index in [2.05, 4.69) is 28.1 Å². The number of hydrazone groups is 1. The van der Waals surface area contributed by atoms with Gasteiger partial charge in [0.15, 0.2) is 16.1 Å². The number of hydrogen-bond acceptors (Lipinski definition) is 5. The summed E-state index contributed by atoms with van der Waals surface area (Å²) in [6, 6.07) is 8.76. The lowest BCUT2D eigenvalue weighted by atomic mass is 10.1. The third-order valence-corrected chi connectivity index (χ3v) is 2.99. The second-order valence-electron chi connectivity index (χ2n) is 4.04. The van der Waals surface area contributed by atoms with E-state index < -0.39 is 17.7 Å². The van der Waals surface area contributed by atoms with Gasteiger partial charge in [0, 0.05) is 6.21 Å². The highest BCUT2D eigenvalue weighted by atomic mass is 32.1. The number of nitrogens with one attached hydrogen (secondary N) is 2. The average Bonchev–Trinajstić information content (AvgIpc) is 2.43. The van der Waals surface area contributed by atoms with Crippen molar-refractivity contribution in [1.29, 1.82) is 0 Å². The van der Waals surface area contributed by atoms with Crippen LogP contribution in [0, 0.1) is 5.92 Å². The van der Waals surface area contributed by atoms with Gasteiger partial charge in [0.05, 0.1) is 5.69 Å². The SMILES string of the molecule is NC(=S)N/N=C\[C@H]1C(=O)NC(=S)N(c2ccccc2)C1=O. The molecule has 0 radical (unpaired) electrons. The Morgan fingerprint density at radius 2 is 2.05 bits per heavy atom. The van der Waals surface area contributed by atoms with Crippen LogP contribution < -0.4 is 21.4 Å². The summed E-state index contributed by atoms with van der Waals surface area (Å²) in [5, 5.41) is 6.08. The highest BCUT2D eigenvalue weighted by Gasteiger charge is 2.38. The van der Waals surface area contributed by atoms with Crippen LogP contribution in [-0.2, 0) is 9.59 Å². The van der Waals surface area contributed by atoms with Gasteiger partial charge in [0.1, 0.15) is 0 Å². The minimum Gasteiger partial charge on any atom is -0.375 e. The Hall–Kier alpha value is -2.39. The van der Waals surface area contributed by atoms with Crippen LogP contribution in [0.5, 0.6) is 0 Å². The largest absolute Gasteiger partial charge is 0.375 e. The van der Waals surface area contributed by atoms with Crippen LogP contribution in [0.4, 0.5) is 5.69 Å². The number of benzene rings is 1. The van der Waals surface area contributed by atoms with E-state index in [-0.39, 0.29) is 10.2 Å². The number of amides is 2. The van der Waals surface area contributed by atoms with Gasteiger partial charge in [0.25, 0.3) is 5.91 Å². The Morgan fingerprint density at radius 3 is 2.67 bits per heavy atom. The zero-order chi connectivity index (χ0) is 15.4. The molecule has 0 saturated carbocycles. The molecule has 21 heavy (non-hydrogen) atoms. The van der Waals surface area contributed by atoms with E-state index in [9.17, 15) is 9.59 Å². The number of carbonyl (C=O) groups excluding carboxylic acids is 2. The Labute approximate surface area is 131 Å². The fourth-order valence-electron chi connectivity index (χ4n) is 1.72. The first-order valence-corrected chi connectivity index (χ1v) is 6.65. The zero-order valence-electron chi connectivity index (χ0n) is 10.6. The maximum Gasteiger partial charge on any atom is 0.251 e. The first kappa shape index (κ1) is 15.0. The van der Waals surface area contributed by atoms with Gasteiger partial charge >= 0.3 is 0 Å². The van der Waals surface area contributed by atoms with Crippen molar-refractivity contribution in [2.24, 2.45) is 16.8 Å². The first-order chi connectivity index (χ1) is 10.0. The number of para-hydroxylation sites is 1.